The van der Waals surface area contributed by atoms with Crippen LogP contribution in [0, 0.1) is 0 Å². The Labute approximate surface area is 476 Å². The maximum absolute atomic E-state index is 13.5. The van der Waals surface area contributed by atoms with Gasteiger partial charge in [0.15, 0.2) is 0 Å². The van der Waals surface area contributed by atoms with Gasteiger partial charge in [-0.15, -0.1) is 0 Å². The Morgan fingerprint density at radius 3 is 1.25 bits per heavy atom. The number of nitrogens with zero attached hydrogens (tertiary/aromatic N) is 1. The lowest BCUT2D eigenvalue weighted by Crippen LogP contribution is -2.47. The fourth-order valence-corrected chi connectivity index (χ4v) is 9.66. The number of likely N-dealkylation sites (N-methyl/N-ethyl adjacent to an activating group) is 1. The zero-order chi connectivity index (χ0) is 56.4. The van der Waals surface area contributed by atoms with E-state index in [9.17, 15) is 19.0 Å². The second-order valence-corrected chi connectivity index (χ2v) is 23.9. The molecule has 446 valence electrons. The number of hydrogen-bond donors (Lipinski definition) is 1. The molecule has 0 saturated heterocycles. The van der Waals surface area contributed by atoms with Crippen LogP contribution in [0.3, 0.4) is 0 Å². The SMILES string of the molecule is CC/C=C\C/C=C\C/C=C\C/C=C\C/C=C\C/C=C\CCCCCCC(=O)NC(COP(=O)([O-])OCC[N+](C)(C)C)C(/C=C\CCCCCCCCCCCCC)OC(=O)CCCCCCCCCCCCCCCCC. The molecular weight excluding hydrogens is 976 g/mol. The second kappa shape index (κ2) is 56.5. The van der Waals surface area contributed by atoms with Gasteiger partial charge in [0.1, 0.15) is 19.3 Å². The molecule has 0 aliphatic heterocycles. The summed E-state index contributed by atoms with van der Waals surface area (Å²) in [5, 5.41) is 3.02. The van der Waals surface area contributed by atoms with Crippen molar-refractivity contribution in [1.82, 2.24) is 5.32 Å². The van der Waals surface area contributed by atoms with E-state index >= 15 is 0 Å². The summed E-state index contributed by atoms with van der Waals surface area (Å²) in [5.74, 6) is -0.566. The van der Waals surface area contributed by atoms with Crippen LogP contribution >= 0.6 is 7.82 Å². The Hall–Kier alpha value is -2.81. The predicted molar refractivity (Wildman–Crippen MR) is 330 cm³/mol. The van der Waals surface area contributed by atoms with Crippen LogP contribution in [0.5, 0.6) is 0 Å². The number of esters is 1. The molecule has 9 nitrogen and oxygen atoms in total. The third-order valence-electron chi connectivity index (χ3n) is 13.8. The molecule has 0 bridgehead atoms. The van der Waals surface area contributed by atoms with Gasteiger partial charge in [0.2, 0.25) is 5.91 Å². The normalized spacial score (nSPS) is 14.2. The Balaban J connectivity index is 5.29. The van der Waals surface area contributed by atoms with Crippen LogP contribution in [0.4, 0.5) is 0 Å². The molecule has 0 heterocycles. The first-order valence-corrected chi connectivity index (χ1v) is 33.4. The van der Waals surface area contributed by atoms with Crippen molar-refractivity contribution in [3.63, 3.8) is 0 Å². The van der Waals surface area contributed by atoms with Crippen molar-refractivity contribution in [2.45, 2.75) is 290 Å². The van der Waals surface area contributed by atoms with Crippen molar-refractivity contribution < 1.29 is 37.3 Å². The minimum absolute atomic E-state index is 0.0298. The fraction of sp³-hybridized carbons (Fsp3) is 0.761. The first kappa shape index (κ1) is 74.2. The monoisotopic (exact) mass is 1100 g/mol. The third-order valence-corrected chi connectivity index (χ3v) is 14.8. The maximum atomic E-state index is 13.5. The zero-order valence-electron chi connectivity index (χ0n) is 50.9. The summed E-state index contributed by atoms with van der Waals surface area (Å²) in [4.78, 5) is 40.0. The van der Waals surface area contributed by atoms with Gasteiger partial charge in [-0.25, -0.2) is 0 Å². The minimum atomic E-state index is -4.71. The molecule has 0 aromatic heterocycles. The van der Waals surface area contributed by atoms with E-state index in [0.717, 1.165) is 103 Å². The average Bonchev–Trinajstić information content (AvgIpc) is 3.39. The summed E-state index contributed by atoms with van der Waals surface area (Å²) in [5.41, 5.74) is 0. The van der Waals surface area contributed by atoms with Crippen molar-refractivity contribution in [2.75, 3.05) is 40.9 Å². The predicted octanol–water partition coefficient (Wildman–Crippen LogP) is 19.1. The molecule has 0 saturated carbocycles. The highest BCUT2D eigenvalue weighted by molar-refractivity contribution is 7.45. The van der Waals surface area contributed by atoms with Gasteiger partial charge in [0.25, 0.3) is 7.82 Å². The summed E-state index contributed by atoms with van der Waals surface area (Å²) in [6.45, 7) is 6.72. The number of rotatable bonds is 57. The number of phosphoric acid groups is 1. The van der Waals surface area contributed by atoms with E-state index in [2.05, 4.69) is 99.0 Å². The number of nitrogens with one attached hydrogen (secondary N) is 1. The molecule has 0 aromatic carbocycles. The van der Waals surface area contributed by atoms with Crippen molar-refractivity contribution in [3.8, 4) is 0 Å². The lowest BCUT2D eigenvalue weighted by Gasteiger charge is -2.30. The van der Waals surface area contributed by atoms with Crippen LogP contribution < -0.4 is 10.2 Å². The molecular formula is C67H121N2O7P. The lowest BCUT2D eigenvalue weighted by atomic mass is 10.0. The summed E-state index contributed by atoms with van der Waals surface area (Å²) in [6.07, 6.45) is 74.0. The molecule has 3 atom stereocenters. The number of amides is 1. The molecule has 0 fully saturated rings. The Kier molecular flexibility index (Phi) is 54.4. The highest BCUT2D eigenvalue weighted by Gasteiger charge is 2.27. The van der Waals surface area contributed by atoms with Crippen LogP contribution in [0.2, 0.25) is 0 Å². The topological polar surface area (TPSA) is 114 Å². The van der Waals surface area contributed by atoms with Crippen LogP contribution in [-0.2, 0) is 27.9 Å². The van der Waals surface area contributed by atoms with Gasteiger partial charge in [-0.2, -0.15) is 0 Å². The Morgan fingerprint density at radius 1 is 0.468 bits per heavy atom. The number of quaternary nitrogens is 1. The molecule has 77 heavy (non-hydrogen) atoms. The smallest absolute Gasteiger partial charge is 0.306 e. The van der Waals surface area contributed by atoms with Gasteiger partial charge >= 0.3 is 5.97 Å². The van der Waals surface area contributed by atoms with E-state index in [1.807, 2.05) is 33.3 Å². The van der Waals surface area contributed by atoms with Gasteiger partial charge in [-0.05, 0) is 83.1 Å². The molecule has 0 spiro atoms. The molecule has 1 amide bonds. The number of carbonyl (C=O) groups excluding carboxylic acids is 2. The molecule has 0 rings (SSSR count). The van der Waals surface area contributed by atoms with Crippen molar-refractivity contribution in [3.05, 3.63) is 85.1 Å². The minimum Gasteiger partial charge on any atom is -0.756 e. The van der Waals surface area contributed by atoms with Gasteiger partial charge in [0.05, 0.1) is 33.8 Å². The van der Waals surface area contributed by atoms with E-state index in [0.29, 0.717) is 17.4 Å². The van der Waals surface area contributed by atoms with Gasteiger partial charge in [0, 0.05) is 12.8 Å². The quantitative estimate of drug-likeness (QED) is 0.0212. The molecule has 10 heteroatoms. The van der Waals surface area contributed by atoms with E-state index in [-0.39, 0.29) is 31.3 Å². The number of ether oxygens (including phenoxy) is 1. The molecule has 0 radical (unpaired) electrons. The summed E-state index contributed by atoms with van der Waals surface area (Å²) in [6, 6.07) is -0.904. The number of carbonyl (C=O) groups is 2. The van der Waals surface area contributed by atoms with Crippen molar-refractivity contribution in [2.24, 2.45) is 0 Å². The van der Waals surface area contributed by atoms with E-state index in [1.54, 1.807) is 0 Å². The van der Waals surface area contributed by atoms with Gasteiger partial charge in [-0.3, -0.25) is 14.2 Å². The molecule has 0 aliphatic carbocycles. The first-order chi connectivity index (χ1) is 37.4. The maximum Gasteiger partial charge on any atom is 0.306 e. The van der Waals surface area contributed by atoms with E-state index in [1.165, 1.54) is 135 Å². The van der Waals surface area contributed by atoms with Crippen LogP contribution in [-0.4, -0.2) is 69.4 Å². The van der Waals surface area contributed by atoms with E-state index < -0.39 is 26.6 Å². The summed E-state index contributed by atoms with van der Waals surface area (Å²) >= 11 is 0. The van der Waals surface area contributed by atoms with Gasteiger partial charge < -0.3 is 28.5 Å². The summed E-state index contributed by atoms with van der Waals surface area (Å²) in [7, 11) is 1.16. The van der Waals surface area contributed by atoms with Crippen LogP contribution in [0.15, 0.2) is 85.1 Å². The molecule has 0 aliphatic rings. The summed E-state index contributed by atoms with van der Waals surface area (Å²) < 4.78 is 30.3. The molecule has 1 N–H and O–H groups in total. The fourth-order valence-electron chi connectivity index (χ4n) is 8.94. The number of hydrogen-bond acceptors (Lipinski definition) is 7. The number of allylic oxidation sites excluding steroid dienone is 13. The number of unbranched alkanes of at least 4 members (excludes halogenated alkanes) is 29. The van der Waals surface area contributed by atoms with Gasteiger partial charge in [-0.1, -0.05) is 267 Å². The first-order valence-electron chi connectivity index (χ1n) is 31.9. The highest BCUT2D eigenvalue weighted by atomic mass is 31.2. The van der Waals surface area contributed by atoms with E-state index in [4.69, 9.17) is 13.8 Å². The third kappa shape index (κ3) is 57.7. The Bertz CT molecular complexity index is 1590. The highest BCUT2D eigenvalue weighted by Crippen LogP contribution is 2.38. The van der Waals surface area contributed by atoms with Crippen molar-refractivity contribution in [1.29, 1.82) is 0 Å². The zero-order valence-corrected chi connectivity index (χ0v) is 51.8. The second-order valence-electron chi connectivity index (χ2n) is 22.5. The van der Waals surface area contributed by atoms with Crippen LogP contribution in [0.25, 0.3) is 0 Å². The van der Waals surface area contributed by atoms with Crippen LogP contribution in [0.1, 0.15) is 278 Å². The molecule has 3 unspecified atom stereocenters. The Morgan fingerprint density at radius 2 is 0.831 bits per heavy atom. The standard InChI is InChI=1S/C67H121N2O7P/c1-7-10-13-16-19-22-25-28-30-31-32-33-34-35-36-37-39-41-44-47-50-53-56-59-66(70)68-64(63-75-77(72,73)74-62-61-69(4,5)6)65(58-55-52-49-46-43-40-27-24-21-18-15-12-9-3)76-67(71)60-57-54-51-48-45-42-38-29-26-23-20-17-14-11-8-2/h10,13,19,22,28,30,32-33,35-36,39,41,55,58,64-65H,7-9,11-12,14-18,20-21,23-27,29,31,34,37-38,40,42-54,56-57,59-63H2,1-6H3,(H-,68,70,72,73)/b13-10-,22-19-,30-28-,33-32-,36-35-,41-39-,58-55-. The van der Waals surface area contributed by atoms with Crippen molar-refractivity contribution >= 4 is 19.7 Å². The number of phosphoric ester groups is 1. The lowest BCUT2D eigenvalue weighted by molar-refractivity contribution is -0.870. The molecule has 0 aromatic rings. The average molecular weight is 1100 g/mol. The largest absolute Gasteiger partial charge is 0.756 e.